The van der Waals surface area contributed by atoms with E-state index in [4.69, 9.17) is 5.73 Å². The minimum Gasteiger partial charge on any atom is -0.396 e. The molecule has 0 fully saturated rings. The minimum atomic E-state index is -0.0427. The van der Waals surface area contributed by atoms with Crippen LogP contribution in [0.4, 0.5) is 5.69 Å². The Labute approximate surface area is 121 Å². The predicted molar refractivity (Wildman–Crippen MR) is 79.6 cm³/mol. The molecule has 5 nitrogen and oxygen atoms in total. The van der Waals surface area contributed by atoms with Crippen LogP contribution in [0.1, 0.15) is 11.5 Å². The Bertz CT molecular complexity index is 625. The molecule has 1 unspecified atom stereocenters. The van der Waals surface area contributed by atoms with Crippen LogP contribution in [0.25, 0.3) is 0 Å². The molecule has 0 bridgehead atoms. The molecule has 3 N–H and O–H groups in total. The molecule has 20 heavy (non-hydrogen) atoms. The van der Waals surface area contributed by atoms with E-state index in [2.05, 4.69) is 16.5 Å². The lowest BCUT2D eigenvalue weighted by Crippen LogP contribution is -2.32. The van der Waals surface area contributed by atoms with E-state index in [0.717, 1.165) is 11.3 Å². The number of nitrogens with two attached hydrogens (primary N) is 1. The van der Waals surface area contributed by atoms with Crippen LogP contribution in [0.2, 0.25) is 0 Å². The van der Waals surface area contributed by atoms with Crippen molar-refractivity contribution >= 4 is 23.4 Å². The van der Waals surface area contributed by atoms with Crippen molar-refractivity contribution < 1.29 is 4.79 Å². The number of benzene rings is 1. The van der Waals surface area contributed by atoms with Gasteiger partial charge in [0.2, 0.25) is 5.91 Å². The second kappa shape index (κ2) is 5.58. The number of hydrogen-bond donors (Lipinski definition) is 2. The van der Waals surface area contributed by atoms with Gasteiger partial charge in [0.1, 0.15) is 0 Å². The number of rotatable bonds is 4. The van der Waals surface area contributed by atoms with E-state index in [-0.39, 0.29) is 11.8 Å². The van der Waals surface area contributed by atoms with Gasteiger partial charge in [-0.1, -0.05) is 18.2 Å². The van der Waals surface area contributed by atoms with E-state index in [1.807, 2.05) is 18.2 Å². The van der Waals surface area contributed by atoms with Crippen LogP contribution in [0.3, 0.4) is 0 Å². The van der Waals surface area contributed by atoms with Gasteiger partial charge in [-0.15, -0.1) is 11.8 Å². The molecule has 0 saturated heterocycles. The Morgan fingerprint density at radius 3 is 3.15 bits per heavy atom. The second-order valence-electron chi connectivity index (χ2n) is 4.73. The van der Waals surface area contributed by atoms with Gasteiger partial charge in [-0.2, -0.15) is 5.10 Å². The summed E-state index contributed by atoms with van der Waals surface area (Å²) in [6.45, 7) is 1.19. The van der Waals surface area contributed by atoms with E-state index in [0.29, 0.717) is 18.8 Å². The summed E-state index contributed by atoms with van der Waals surface area (Å²) >= 11 is 1.74. The first kappa shape index (κ1) is 13.1. The summed E-state index contributed by atoms with van der Waals surface area (Å²) in [6, 6.07) is 8.10. The van der Waals surface area contributed by atoms with E-state index in [1.54, 1.807) is 28.8 Å². The highest BCUT2D eigenvalue weighted by Gasteiger charge is 2.28. The number of carbonyl (C=O) groups is 1. The van der Waals surface area contributed by atoms with E-state index >= 15 is 0 Å². The van der Waals surface area contributed by atoms with Gasteiger partial charge in [-0.3, -0.25) is 9.48 Å². The molecule has 1 aromatic heterocycles. The van der Waals surface area contributed by atoms with Gasteiger partial charge in [0, 0.05) is 23.4 Å². The highest BCUT2D eigenvalue weighted by molar-refractivity contribution is 7.99. The molecule has 0 saturated carbocycles. The number of carbonyl (C=O) groups excluding carboxylic acids is 1. The summed E-state index contributed by atoms with van der Waals surface area (Å²) in [5.41, 5.74) is 7.36. The van der Waals surface area contributed by atoms with Crippen molar-refractivity contribution in [2.75, 3.05) is 18.0 Å². The molecule has 3 rings (SSSR count). The van der Waals surface area contributed by atoms with Gasteiger partial charge in [-0.05, 0) is 11.6 Å². The molecule has 1 amide bonds. The number of thioether (sulfide) groups is 1. The molecule has 1 aliphatic rings. The standard InChI is InChI=1S/C14H16N4OS/c15-10-7-17-18(8-10)6-5-16-14(19)12-9-20-13-4-2-1-3-11(12)13/h1-4,7-8,12H,5-6,9,15H2,(H,16,19). The molecule has 0 radical (unpaired) electrons. The Kier molecular flexibility index (Phi) is 3.64. The number of anilines is 1. The highest BCUT2D eigenvalue weighted by atomic mass is 32.2. The number of hydrogen-bond acceptors (Lipinski definition) is 4. The number of aromatic nitrogens is 2. The largest absolute Gasteiger partial charge is 0.396 e. The van der Waals surface area contributed by atoms with Crippen LogP contribution in [-0.2, 0) is 11.3 Å². The normalized spacial score (nSPS) is 16.9. The molecular weight excluding hydrogens is 272 g/mol. The third-order valence-electron chi connectivity index (χ3n) is 3.31. The first-order valence-corrected chi connectivity index (χ1v) is 7.50. The number of fused-ring (bicyclic) bond motifs is 1. The monoisotopic (exact) mass is 288 g/mol. The molecule has 104 valence electrons. The Hall–Kier alpha value is -1.95. The maximum atomic E-state index is 12.2. The average Bonchev–Trinajstić information content (AvgIpc) is 3.05. The van der Waals surface area contributed by atoms with Crippen LogP contribution in [0.5, 0.6) is 0 Å². The molecule has 6 heteroatoms. The zero-order valence-electron chi connectivity index (χ0n) is 11.0. The van der Waals surface area contributed by atoms with E-state index in [1.165, 1.54) is 4.90 Å². The van der Waals surface area contributed by atoms with Crippen LogP contribution in [0.15, 0.2) is 41.6 Å². The molecular formula is C14H16N4OS. The Morgan fingerprint density at radius 2 is 2.35 bits per heavy atom. The highest BCUT2D eigenvalue weighted by Crippen LogP contribution is 2.39. The van der Waals surface area contributed by atoms with Crippen molar-refractivity contribution in [3.8, 4) is 0 Å². The Morgan fingerprint density at radius 1 is 1.50 bits per heavy atom. The van der Waals surface area contributed by atoms with E-state index < -0.39 is 0 Å². The zero-order chi connectivity index (χ0) is 13.9. The van der Waals surface area contributed by atoms with Crippen molar-refractivity contribution in [2.45, 2.75) is 17.4 Å². The Balaban J connectivity index is 1.55. The van der Waals surface area contributed by atoms with Gasteiger partial charge in [0.25, 0.3) is 0 Å². The third kappa shape index (κ3) is 2.65. The van der Waals surface area contributed by atoms with Crippen LogP contribution < -0.4 is 11.1 Å². The third-order valence-corrected chi connectivity index (χ3v) is 4.49. The van der Waals surface area contributed by atoms with Gasteiger partial charge in [0.05, 0.1) is 24.3 Å². The maximum Gasteiger partial charge on any atom is 0.228 e. The SMILES string of the molecule is Nc1cnn(CCNC(=O)C2CSc3ccccc32)c1. The van der Waals surface area contributed by atoms with Crippen molar-refractivity contribution in [1.82, 2.24) is 15.1 Å². The molecule has 1 aliphatic heterocycles. The summed E-state index contributed by atoms with van der Waals surface area (Å²) in [4.78, 5) is 13.4. The second-order valence-corrected chi connectivity index (χ2v) is 5.79. The van der Waals surface area contributed by atoms with Crippen LogP contribution >= 0.6 is 11.8 Å². The lowest BCUT2D eigenvalue weighted by atomic mass is 10.0. The van der Waals surface area contributed by atoms with Crippen LogP contribution in [-0.4, -0.2) is 28.0 Å². The molecule has 0 aliphatic carbocycles. The first-order chi connectivity index (χ1) is 9.74. The average molecular weight is 288 g/mol. The number of nitrogens with zero attached hydrogens (tertiary/aromatic N) is 2. The lowest BCUT2D eigenvalue weighted by molar-refractivity contribution is -0.122. The maximum absolute atomic E-state index is 12.2. The quantitative estimate of drug-likeness (QED) is 0.893. The summed E-state index contributed by atoms with van der Waals surface area (Å²) in [5, 5.41) is 7.05. The van der Waals surface area contributed by atoms with Crippen LogP contribution in [0, 0.1) is 0 Å². The fraction of sp³-hybridized carbons (Fsp3) is 0.286. The molecule has 1 aromatic carbocycles. The minimum absolute atomic E-state index is 0.0427. The molecule has 1 atom stereocenters. The molecule has 2 heterocycles. The summed E-state index contributed by atoms with van der Waals surface area (Å²) < 4.78 is 1.73. The van der Waals surface area contributed by atoms with Gasteiger partial charge >= 0.3 is 0 Å². The van der Waals surface area contributed by atoms with Gasteiger partial charge in [-0.25, -0.2) is 0 Å². The first-order valence-electron chi connectivity index (χ1n) is 6.51. The fourth-order valence-electron chi connectivity index (χ4n) is 2.30. The van der Waals surface area contributed by atoms with Gasteiger partial charge < -0.3 is 11.1 Å². The molecule has 0 spiro atoms. The molecule has 2 aromatic rings. The number of amides is 1. The van der Waals surface area contributed by atoms with Crippen molar-refractivity contribution in [2.24, 2.45) is 0 Å². The summed E-state index contributed by atoms with van der Waals surface area (Å²) in [7, 11) is 0. The van der Waals surface area contributed by atoms with E-state index in [9.17, 15) is 4.79 Å². The number of nitrogens with one attached hydrogen (secondary N) is 1. The summed E-state index contributed by atoms with van der Waals surface area (Å²) in [5.74, 6) is 0.862. The smallest absolute Gasteiger partial charge is 0.228 e. The number of nitrogen functional groups attached to an aromatic ring is 1. The van der Waals surface area contributed by atoms with Crippen molar-refractivity contribution in [3.63, 3.8) is 0 Å². The van der Waals surface area contributed by atoms with Crippen molar-refractivity contribution in [1.29, 1.82) is 0 Å². The fourth-order valence-corrected chi connectivity index (χ4v) is 3.53. The predicted octanol–water partition coefficient (Wildman–Crippen LogP) is 1.47. The summed E-state index contributed by atoms with van der Waals surface area (Å²) in [6.07, 6.45) is 3.36. The zero-order valence-corrected chi connectivity index (χ0v) is 11.8. The van der Waals surface area contributed by atoms with Crippen molar-refractivity contribution in [3.05, 3.63) is 42.2 Å². The van der Waals surface area contributed by atoms with Gasteiger partial charge in [0.15, 0.2) is 0 Å². The lowest BCUT2D eigenvalue weighted by Gasteiger charge is -2.11. The topological polar surface area (TPSA) is 72.9 Å².